The lowest BCUT2D eigenvalue weighted by molar-refractivity contribution is 0.0115. The molecule has 0 saturated carbocycles. The van der Waals surface area contributed by atoms with E-state index in [4.69, 9.17) is 11.3 Å². The molecule has 0 amide bonds. The summed E-state index contributed by atoms with van der Waals surface area (Å²) in [5.74, 6) is 0.488. The lowest BCUT2D eigenvalue weighted by Crippen LogP contribution is -2.49. The molecule has 1 aromatic heterocycles. The van der Waals surface area contributed by atoms with Gasteiger partial charge in [-0.05, 0) is 48.2 Å². The van der Waals surface area contributed by atoms with Crippen molar-refractivity contribution >= 4 is 22.9 Å². The van der Waals surface area contributed by atoms with Crippen molar-refractivity contribution < 1.29 is 9.53 Å². The van der Waals surface area contributed by atoms with Crippen LogP contribution in [0.15, 0.2) is 35.9 Å². The number of hydrogen-bond donors (Lipinski definition) is 0. The summed E-state index contributed by atoms with van der Waals surface area (Å²) >= 11 is 0. The van der Waals surface area contributed by atoms with E-state index in [1.807, 2.05) is 12.1 Å². The van der Waals surface area contributed by atoms with Gasteiger partial charge < -0.3 is 14.5 Å². The Morgan fingerprint density at radius 2 is 1.79 bits per heavy atom. The summed E-state index contributed by atoms with van der Waals surface area (Å²) in [5.41, 5.74) is 6.57. The largest absolute Gasteiger partial charge is 0.379 e. The van der Waals surface area contributed by atoms with Crippen LogP contribution in [0, 0.1) is 6.57 Å². The van der Waals surface area contributed by atoms with Crippen LogP contribution >= 0.6 is 0 Å². The fourth-order valence-electron chi connectivity index (χ4n) is 6.30. The highest BCUT2D eigenvalue weighted by Crippen LogP contribution is 2.50. The van der Waals surface area contributed by atoms with Crippen LogP contribution in [-0.4, -0.2) is 61.1 Å². The molecule has 4 aliphatic rings. The number of nitrogens with zero attached hydrogens (tertiary/aromatic N) is 4. The highest BCUT2D eigenvalue weighted by molar-refractivity contribution is 6.32. The lowest BCUT2D eigenvalue weighted by atomic mass is 9.68. The molecule has 2 aliphatic carbocycles. The molecule has 2 aliphatic heterocycles. The molecule has 0 radical (unpaired) electrons. The highest BCUT2D eigenvalue weighted by atomic mass is 16.5. The molecule has 0 N–H and O–H groups in total. The smallest absolute Gasteiger partial charge is 0.269 e. The number of morpholine rings is 1. The minimum absolute atomic E-state index is 0.0954. The number of piperidine rings is 1. The third-order valence-electron chi connectivity index (χ3n) is 8.28. The number of aromatic nitrogens is 1. The van der Waals surface area contributed by atoms with Crippen LogP contribution in [0.5, 0.6) is 0 Å². The van der Waals surface area contributed by atoms with Gasteiger partial charge in [-0.2, -0.15) is 0 Å². The topological polar surface area (TPSA) is 50.0 Å². The molecule has 6 nitrogen and oxygen atoms in total. The maximum atomic E-state index is 13.6. The number of carbonyl (C=O) groups is 1. The highest BCUT2D eigenvalue weighted by Gasteiger charge is 2.44. The first-order valence-corrected chi connectivity index (χ1v) is 12.3. The Morgan fingerprint density at radius 1 is 1.06 bits per heavy atom. The Morgan fingerprint density at radius 3 is 2.53 bits per heavy atom. The van der Waals surface area contributed by atoms with Gasteiger partial charge in [-0.25, -0.2) is 0 Å². The maximum absolute atomic E-state index is 13.6. The number of fused-ring (bicyclic) bond motifs is 3. The zero-order valence-corrected chi connectivity index (χ0v) is 19.9. The van der Waals surface area contributed by atoms with Gasteiger partial charge in [-0.3, -0.25) is 9.69 Å². The number of Topliss-reactive ketones (excluding diaryl/α,β-unsaturated/α-hetero) is 1. The van der Waals surface area contributed by atoms with Crippen molar-refractivity contribution in [2.45, 2.75) is 44.6 Å². The number of pyridine rings is 1. The average Bonchev–Trinajstić information content (AvgIpc) is 3.28. The Labute approximate surface area is 201 Å². The number of carbonyl (C=O) groups excluding carboxylic acids is 1. The molecule has 0 unspecified atom stereocenters. The van der Waals surface area contributed by atoms with Gasteiger partial charge in [0.2, 0.25) is 0 Å². The minimum atomic E-state index is -0.264. The number of ketones is 1. The van der Waals surface area contributed by atoms with Crippen molar-refractivity contribution in [2.75, 3.05) is 44.3 Å². The monoisotopic (exact) mass is 454 g/mol. The predicted octanol–water partition coefficient (Wildman–Crippen LogP) is 4.42. The molecule has 3 heterocycles. The molecule has 2 saturated heterocycles. The molecular weight excluding hydrogens is 424 g/mol. The fourth-order valence-corrected chi connectivity index (χ4v) is 6.30. The van der Waals surface area contributed by atoms with Crippen LogP contribution in [0.4, 0.5) is 11.5 Å². The Kier molecular flexibility index (Phi) is 5.09. The number of ether oxygens (including phenoxy) is 1. The van der Waals surface area contributed by atoms with Crippen LogP contribution in [0.1, 0.15) is 53.9 Å². The normalized spacial score (nSPS) is 22.3. The van der Waals surface area contributed by atoms with Crippen molar-refractivity contribution in [1.82, 2.24) is 9.88 Å². The molecule has 174 valence electrons. The van der Waals surface area contributed by atoms with E-state index in [2.05, 4.69) is 45.6 Å². The second-order valence-electron chi connectivity index (χ2n) is 10.4. The van der Waals surface area contributed by atoms with Crippen LogP contribution in [-0.2, 0) is 16.6 Å². The third kappa shape index (κ3) is 3.30. The summed E-state index contributed by atoms with van der Waals surface area (Å²) in [7, 11) is 0. The minimum Gasteiger partial charge on any atom is -0.379 e. The standard InChI is InChI=1S/C28H30N4O2/c1-28(2)22-16-19(31-10-8-18(9-11-31)32-12-14-34-15-13-32)4-5-20(22)27(33)26-21-6-7-25(29-3)30-24(21)17-23(26)28/h4-7,16,18H,8-15,17H2,1-2H3. The molecular formula is C28H30N4O2. The fraction of sp³-hybridized carbons (Fsp3) is 0.464. The molecule has 6 heteroatoms. The molecule has 2 fully saturated rings. The molecule has 0 atom stereocenters. The van der Waals surface area contributed by atoms with Crippen LogP contribution in [0.3, 0.4) is 0 Å². The van der Waals surface area contributed by atoms with E-state index in [-0.39, 0.29) is 11.2 Å². The third-order valence-corrected chi connectivity index (χ3v) is 8.28. The van der Waals surface area contributed by atoms with Gasteiger partial charge in [0.05, 0.1) is 13.2 Å². The van der Waals surface area contributed by atoms with Gasteiger partial charge >= 0.3 is 0 Å². The van der Waals surface area contributed by atoms with E-state index in [0.29, 0.717) is 18.3 Å². The quantitative estimate of drug-likeness (QED) is 0.629. The Bertz CT molecular complexity index is 1240. The van der Waals surface area contributed by atoms with Crippen molar-refractivity contribution in [2.24, 2.45) is 0 Å². The van der Waals surface area contributed by atoms with Gasteiger partial charge in [-0.15, -0.1) is 4.98 Å². The molecule has 6 rings (SSSR count). The van der Waals surface area contributed by atoms with E-state index in [1.54, 1.807) is 6.07 Å². The van der Waals surface area contributed by atoms with Crippen molar-refractivity contribution in [1.29, 1.82) is 0 Å². The van der Waals surface area contributed by atoms with E-state index in [1.165, 1.54) is 18.5 Å². The first-order chi connectivity index (χ1) is 16.5. The summed E-state index contributed by atoms with van der Waals surface area (Å²) in [5, 5.41) is 0. The van der Waals surface area contributed by atoms with Gasteiger partial charge in [0.1, 0.15) is 5.69 Å². The number of hydrogen-bond acceptors (Lipinski definition) is 5. The van der Waals surface area contributed by atoms with Crippen molar-refractivity contribution in [3.63, 3.8) is 0 Å². The van der Waals surface area contributed by atoms with Crippen LogP contribution in [0.2, 0.25) is 0 Å². The van der Waals surface area contributed by atoms with Gasteiger partial charge in [0, 0.05) is 66.4 Å². The number of allylic oxidation sites excluding steroid dienone is 2. The molecule has 0 spiro atoms. The van der Waals surface area contributed by atoms with Gasteiger partial charge in [0.25, 0.3) is 5.82 Å². The molecule has 1 aromatic carbocycles. The Balaban J connectivity index is 1.27. The molecule has 34 heavy (non-hydrogen) atoms. The summed E-state index contributed by atoms with van der Waals surface area (Å²) < 4.78 is 5.52. The number of benzene rings is 1. The van der Waals surface area contributed by atoms with E-state index in [0.717, 1.165) is 72.9 Å². The van der Waals surface area contributed by atoms with Crippen molar-refractivity contribution in [3.05, 3.63) is 69.7 Å². The van der Waals surface area contributed by atoms with Crippen molar-refractivity contribution in [3.8, 4) is 0 Å². The summed E-state index contributed by atoms with van der Waals surface area (Å²) in [6, 6.07) is 10.7. The SMILES string of the molecule is [C-]#[N+]c1ccc2c(n1)CC1=C2C(=O)c2ccc(N3CCC(N4CCOCC4)CC3)cc2C1(C)C. The van der Waals surface area contributed by atoms with E-state index < -0.39 is 0 Å². The average molecular weight is 455 g/mol. The first kappa shape index (κ1) is 21.5. The van der Waals surface area contributed by atoms with Crippen LogP contribution in [0.25, 0.3) is 10.4 Å². The predicted molar refractivity (Wildman–Crippen MR) is 133 cm³/mol. The molecule has 2 aromatic rings. The summed E-state index contributed by atoms with van der Waals surface area (Å²) in [4.78, 5) is 26.7. The lowest BCUT2D eigenvalue weighted by Gasteiger charge is -2.41. The first-order valence-electron chi connectivity index (χ1n) is 12.3. The van der Waals surface area contributed by atoms with Crippen LogP contribution < -0.4 is 4.90 Å². The van der Waals surface area contributed by atoms with E-state index >= 15 is 0 Å². The summed E-state index contributed by atoms with van der Waals surface area (Å²) in [6.07, 6.45) is 2.97. The Hall–Kier alpha value is -3.01. The number of anilines is 1. The van der Waals surface area contributed by atoms with E-state index in [9.17, 15) is 4.79 Å². The molecule has 0 bridgehead atoms. The number of rotatable bonds is 2. The second kappa shape index (κ2) is 8.04. The maximum Gasteiger partial charge on any atom is 0.269 e. The van der Waals surface area contributed by atoms with Gasteiger partial charge in [0.15, 0.2) is 5.78 Å². The summed E-state index contributed by atoms with van der Waals surface area (Å²) in [6.45, 7) is 17.6. The zero-order chi connectivity index (χ0) is 23.4. The second-order valence-corrected chi connectivity index (χ2v) is 10.4. The zero-order valence-electron chi connectivity index (χ0n) is 19.9. The van der Waals surface area contributed by atoms with Gasteiger partial charge in [-0.1, -0.05) is 26.5 Å².